The Morgan fingerprint density at radius 2 is 2.10 bits per heavy atom. The van der Waals surface area contributed by atoms with Gasteiger partial charge in [0.05, 0.1) is 12.2 Å². The summed E-state index contributed by atoms with van der Waals surface area (Å²) >= 11 is 0. The van der Waals surface area contributed by atoms with Crippen LogP contribution in [0.25, 0.3) is 0 Å². The number of urea groups is 1. The predicted molar refractivity (Wildman–Crippen MR) is 70.4 cm³/mol. The molecule has 2 amide bonds. The summed E-state index contributed by atoms with van der Waals surface area (Å²) in [7, 11) is 0. The van der Waals surface area contributed by atoms with Gasteiger partial charge in [-0.05, 0) is 19.8 Å². The van der Waals surface area contributed by atoms with Gasteiger partial charge >= 0.3 is 12.0 Å². The SMILES string of the molecule is CCOC1CCCN(C(=O)N2C[C@H](O)C[C@H]2C(=O)O)C1. The lowest BCUT2D eigenvalue weighted by molar-refractivity contribution is -0.141. The molecule has 2 aliphatic rings. The number of carbonyl (C=O) groups excluding carboxylic acids is 1. The van der Waals surface area contributed by atoms with Crippen molar-refractivity contribution in [1.29, 1.82) is 0 Å². The number of aliphatic hydroxyl groups is 1. The third-order valence-corrected chi connectivity index (χ3v) is 3.86. The first-order valence-corrected chi connectivity index (χ1v) is 7.11. The summed E-state index contributed by atoms with van der Waals surface area (Å²) in [6.45, 7) is 3.71. The van der Waals surface area contributed by atoms with E-state index in [2.05, 4.69) is 0 Å². The Labute approximate surface area is 118 Å². The van der Waals surface area contributed by atoms with E-state index in [-0.39, 0.29) is 25.1 Å². The van der Waals surface area contributed by atoms with Crippen LogP contribution in [0, 0.1) is 0 Å². The quantitative estimate of drug-likeness (QED) is 0.769. The maximum absolute atomic E-state index is 12.4. The second kappa shape index (κ2) is 6.41. The van der Waals surface area contributed by atoms with Crippen LogP contribution in [-0.2, 0) is 9.53 Å². The molecule has 0 spiro atoms. The number of carboxylic acids is 1. The molecule has 2 rings (SSSR count). The number of likely N-dealkylation sites (tertiary alicyclic amines) is 2. The molecule has 7 nitrogen and oxygen atoms in total. The molecule has 2 fully saturated rings. The number of carboxylic acid groups (broad SMARTS) is 1. The molecule has 0 radical (unpaired) electrons. The predicted octanol–water partition coefficient (Wildman–Crippen LogP) is 0.127. The molecule has 0 bridgehead atoms. The number of aliphatic hydroxyl groups excluding tert-OH is 1. The first-order chi connectivity index (χ1) is 9.52. The zero-order chi connectivity index (χ0) is 14.7. The molecule has 3 atom stereocenters. The van der Waals surface area contributed by atoms with Gasteiger partial charge in [-0.25, -0.2) is 9.59 Å². The highest BCUT2D eigenvalue weighted by Crippen LogP contribution is 2.22. The van der Waals surface area contributed by atoms with Crippen molar-refractivity contribution in [2.75, 3.05) is 26.2 Å². The standard InChI is InChI=1S/C13H22N2O5/c1-2-20-10-4-3-5-14(8-10)13(19)15-7-9(16)6-11(15)12(17)18/h9-11,16H,2-8H2,1H3,(H,17,18)/t9-,10?,11+/m1/s1. The fourth-order valence-electron chi connectivity index (χ4n) is 2.92. The van der Waals surface area contributed by atoms with Crippen molar-refractivity contribution in [3.05, 3.63) is 0 Å². The number of amides is 2. The topological polar surface area (TPSA) is 90.3 Å². The summed E-state index contributed by atoms with van der Waals surface area (Å²) in [6, 6.07) is -1.23. The summed E-state index contributed by atoms with van der Waals surface area (Å²) in [5.41, 5.74) is 0. The first-order valence-electron chi connectivity index (χ1n) is 7.11. The number of rotatable bonds is 3. The lowest BCUT2D eigenvalue weighted by Crippen LogP contribution is -2.52. The molecule has 114 valence electrons. The Hall–Kier alpha value is -1.34. The minimum absolute atomic E-state index is 0.0218. The second-order valence-corrected chi connectivity index (χ2v) is 5.34. The van der Waals surface area contributed by atoms with Gasteiger partial charge in [0, 0.05) is 32.7 Å². The zero-order valence-corrected chi connectivity index (χ0v) is 11.7. The monoisotopic (exact) mass is 286 g/mol. The Kier molecular flexibility index (Phi) is 4.82. The molecule has 0 aromatic carbocycles. The van der Waals surface area contributed by atoms with Crippen molar-refractivity contribution in [2.24, 2.45) is 0 Å². The van der Waals surface area contributed by atoms with Gasteiger partial charge in [-0.15, -0.1) is 0 Å². The van der Waals surface area contributed by atoms with Crippen LogP contribution >= 0.6 is 0 Å². The molecule has 0 aliphatic carbocycles. The van der Waals surface area contributed by atoms with Crippen LogP contribution in [0.3, 0.4) is 0 Å². The van der Waals surface area contributed by atoms with Crippen molar-refractivity contribution in [3.8, 4) is 0 Å². The highest BCUT2D eigenvalue weighted by atomic mass is 16.5. The smallest absolute Gasteiger partial charge is 0.326 e. The normalized spacial score (nSPS) is 30.6. The van der Waals surface area contributed by atoms with Crippen molar-refractivity contribution in [1.82, 2.24) is 9.80 Å². The fourth-order valence-corrected chi connectivity index (χ4v) is 2.92. The lowest BCUT2D eigenvalue weighted by Gasteiger charge is -2.36. The largest absolute Gasteiger partial charge is 0.480 e. The van der Waals surface area contributed by atoms with Gasteiger partial charge in [-0.3, -0.25) is 0 Å². The van der Waals surface area contributed by atoms with Crippen molar-refractivity contribution < 1.29 is 24.5 Å². The number of ether oxygens (including phenoxy) is 1. The Balaban J connectivity index is 2.00. The van der Waals surface area contributed by atoms with Crippen LogP contribution in [0.2, 0.25) is 0 Å². The average molecular weight is 286 g/mol. The van der Waals surface area contributed by atoms with Crippen LogP contribution in [0.4, 0.5) is 4.79 Å². The minimum Gasteiger partial charge on any atom is -0.480 e. The molecule has 2 N–H and O–H groups in total. The first kappa shape index (κ1) is 15.1. The minimum atomic E-state index is -1.06. The molecule has 20 heavy (non-hydrogen) atoms. The van der Waals surface area contributed by atoms with Gasteiger partial charge in [-0.1, -0.05) is 0 Å². The van der Waals surface area contributed by atoms with Crippen molar-refractivity contribution >= 4 is 12.0 Å². The number of aliphatic carboxylic acids is 1. The Morgan fingerprint density at radius 1 is 1.35 bits per heavy atom. The number of piperidine rings is 1. The van der Waals surface area contributed by atoms with Crippen LogP contribution in [0.5, 0.6) is 0 Å². The molecule has 2 aliphatic heterocycles. The molecule has 2 heterocycles. The van der Waals surface area contributed by atoms with Gasteiger partial charge in [0.2, 0.25) is 0 Å². The van der Waals surface area contributed by atoms with E-state index in [4.69, 9.17) is 9.84 Å². The third-order valence-electron chi connectivity index (χ3n) is 3.86. The number of hydrogen-bond acceptors (Lipinski definition) is 4. The van der Waals surface area contributed by atoms with Gasteiger partial charge in [0.25, 0.3) is 0 Å². The van der Waals surface area contributed by atoms with Gasteiger partial charge in [0.1, 0.15) is 6.04 Å². The number of hydrogen-bond donors (Lipinski definition) is 2. The van der Waals surface area contributed by atoms with E-state index < -0.39 is 18.1 Å². The summed E-state index contributed by atoms with van der Waals surface area (Å²) < 4.78 is 5.54. The Morgan fingerprint density at radius 3 is 2.75 bits per heavy atom. The van der Waals surface area contributed by atoms with Gasteiger partial charge in [0.15, 0.2) is 0 Å². The number of nitrogens with zero attached hydrogens (tertiary/aromatic N) is 2. The van der Waals surface area contributed by atoms with E-state index in [0.717, 1.165) is 12.8 Å². The van der Waals surface area contributed by atoms with Crippen LogP contribution in [0.15, 0.2) is 0 Å². The highest BCUT2D eigenvalue weighted by Gasteiger charge is 2.41. The Bertz CT molecular complexity index is 374. The maximum atomic E-state index is 12.4. The van der Waals surface area contributed by atoms with E-state index in [1.54, 1.807) is 4.90 Å². The average Bonchev–Trinajstić information content (AvgIpc) is 2.81. The summed E-state index contributed by atoms with van der Waals surface area (Å²) in [6.07, 6.45) is 1.14. The van der Waals surface area contributed by atoms with Crippen molar-refractivity contribution in [3.63, 3.8) is 0 Å². The second-order valence-electron chi connectivity index (χ2n) is 5.34. The van der Waals surface area contributed by atoms with Crippen molar-refractivity contribution in [2.45, 2.75) is 44.4 Å². The lowest BCUT2D eigenvalue weighted by atomic mass is 10.1. The number of carbonyl (C=O) groups is 2. The summed E-state index contributed by atoms with van der Waals surface area (Å²) in [5.74, 6) is -1.06. The zero-order valence-electron chi connectivity index (χ0n) is 11.7. The molecular formula is C13H22N2O5. The highest BCUT2D eigenvalue weighted by molar-refractivity contribution is 5.83. The van der Waals surface area contributed by atoms with E-state index in [1.165, 1.54) is 4.90 Å². The van der Waals surface area contributed by atoms with E-state index in [9.17, 15) is 14.7 Å². The van der Waals surface area contributed by atoms with E-state index in [0.29, 0.717) is 19.7 Å². The molecule has 7 heteroatoms. The van der Waals surface area contributed by atoms with Crippen LogP contribution in [-0.4, -0.2) is 76.5 Å². The summed E-state index contributed by atoms with van der Waals surface area (Å²) in [5, 5.41) is 18.7. The molecular weight excluding hydrogens is 264 g/mol. The van der Waals surface area contributed by atoms with Gasteiger partial charge < -0.3 is 24.7 Å². The maximum Gasteiger partial charge on any atom is 0.326 e. The van der Waals surface area contributed by atoms with Crippen LogP contribution < -0.4 is 0 Å². The fraction of sp³-hybridized carbons (Fsp3) is 0.846. The summed E-state index contributed by atoms with van der Waals surface area (Å²) in [4.78, 5) is 26.5. The van der Waals surface area contributed by atoms with Crippen LogP contribution in [0.1, 0.15) is 26.2 Å². The third kappa shape index (κ3) is 3.21. The van der Waals surface area contributed by atoms with Gasteiger partial charge in [-0.2, -0.15) is 0 Å². The molecule has 0 aromatic rings. The number of β-amino-alcohol motifs (C(OH)–C–C–N with tert-alkyl or cyclic N) is 1. The van der Waals surface area contributed by atoms with E-state index >= 15 is 0 Å². The van der Waals surface area contributed by atoms with E-state index in [1.807, 2.05) is 6.92 Å². The molecule has 1 unspecified atom stereocenters. The molecule has 2 saturated heterocycles. The molecule has 0 aromatic heterocycles. The molecule has 0 saturated carbocycles.